The maximum Gasteiger partial charge on any atom is 0.273 e. The molecule has 0 spiro atoms. The lowest BCUT2D eigenvalue weighted by Crippen LogP contribution is -2.40. The van der Waals surface area contributed by atoms with Gasteiger partial charge < -0.3 is 9.72 Å². The van der Waals surface area contributed by atoms with Crippen molar-refractivity contribution in [3.8, 4) is 0 Å². The Morgan fingerprint density at radius 2 is 2.17 bits per heavy atom. The van der Waals surface area contributed by atoms with Crippen LogP contribution in [-0.2, 0) is 20.5 Å². The molecule has 4 rings (SSSR count). The standard InChI is InChI=1S/C16H17N5O4S4/c22-14(18-15-19-20-16(28-15)27-10-11-2-1-7-26-11)13-8-12(9-17-13)29(23,24)21-3-5-25-6-4-21/h1-2,7-9,17H,3-6,10H2,(H,18,19,22). The van der Waals surface area contributed by atoms with Crippen LogP contribution in [0.2, 0.25) is 0 Å². The second kappa shape index (κ2) is 8.93. The first kappa shape index (κ1) is 20.5. The van der Waals surface area contributed by atoms with E-state index in [4.69, 9.17) is 4.74 Å². The number of carbonyl (C=O) groups is 1. The molecule has 1 fully saturated rings. The van der Waals surface area contributed by atoms with Gasteiger partial charge in [-0.15, -0.1) is 21.5 Å². The Morgan fingerprint density at radius 1 is 1.34 bits per heavy atom. The van der Waals surface area contributed by atoms with Crippen molar-refractivity contribution in [2.45, 2.75) is 15.0 Å². The third kappa shape index (κ3) is 4.87. The Morgan fingerprint density at radius 3 is 2.93 bits per heavy atom. The number of amides is 1. The number of nitrogens with zero attached hydrogens (tertiary/aromatic N) is 3. The van der Waals surface area contributed by atoms with Crippen molar-refractivity contribution >= 4 is 55.5 Å². The number of morpholine rings is 1. The number of anilines is 1. The molecule has 0 aromatic carbocycles. The van der Waals surface area contributed by atoms with Gasteiger partial charge in [0.05, 0.1) is 13.2 Å². The number of ether oxygens (including phenoxy) is 1. The molecule has 4 heterocycles. The quantitative estimate of drug-likeness (QED) is 0.402. The van der Waals surface area contributed by atoms with Crippen LogP contribution in [0.4, 0.5) is 5.13 Å². The van der Waals surface area contributed by atoms with E-state index in [0.717, 1.165) is 10.1 Å². The third-order valence-electron chi connectivity index (χ3n) is 4.05. The minimum absolute atomic E-state index is 0.0500. The van der Waals surface area contributed by atoms with Gasteiger partial charge in [0.25, 0.3) is 5.91 Å². The van der Waals surface area contributed by atoms with Gasteiger partial charge in [-0.25, -0.2) is 8.42 Å². The van der Waals surface area contributed by atoms with Crippen LogP contribution in [0, 0.1) is 0 Å². The molecule has 0 bridgehead atoms. The summed E-state index contributed by atoms with van der Waals surface area (Å²) in [5.41, 5.74) is 0.139. The summed E-state index contributed by atoms with van der Waals surface area (Å²) in [5.74, 6) is 0.319. The zero-order chi connectivity index (χ0) is 20.3. The van der Waals surface area contributed by atoms with Crippen LogP contribution in [0.25, 0.3) is 0 Å². The van der Waals surface area contributed by atoms with Crippen molar-refractivity contribution in [1.29, 1.82) is 0 Å². The van der Waals surface area contributed by atoms with Crippen LogP contribution >= 0.6 is 34.4 Å². The molecule has 0 atom stereocenters. The van der Waals surface area contributed by atoms with Gasteiger partial charge in [-0.05, 0) is 17.5 Å². The predicted octanol–water partition coefficient (Wildman–Crippen LogP) is 2.49. The van der Waals surface area contributed by atoms with E-state index in [2.05, 4.69) is 26.6 Å². The average Bonchev–Trinajstić information content (AvgIpc) is 3.48. The topological polar surface area (TPSA) is 117 Å². The molecular formula is C16H17N5O4S4. The Bertz CT molecular complexity index is 1070. The molecule has 1 aliphatic rings. The highest BCUT2D eigenvalue weighted by Gasteiger charge is 2.28. The van der Waals surface area contributed by atoms with E-state index in [1.165, 1.54) is 32.8 Å². The second-order valence-corrected chi connectivity index (χ2v) is 11.1. The highest BCUT2D eigenvalue weighted by molar-refractivity contribution is 8.00. The van der Waals surface area contributed by atoms with E-state index in [-0.39, 0.29) is 10.6 Å². The molecule has 0 unspecified atom stereocenters. The SMILES string of the molecule is O=C(Nc1nnc(SCc2cccs2)s1)c1cc(S(=O)(=O)N2CCOCC2)c[nH]1. The number of carbonyl (C=O) groups excluding carboxylic acids is 1. The summed E-state index contributed by atoms with van der Waals surface area (Å²) < 4.78 is 32.6. The number of aromatic nitrogens is 3. The average molecular weight is 472 g/mol. The van der Waals surface area contributed by atoms with Crippen molar-refractivity contribution in [2.75, 3.05) is 31.6 Å². The molecule has 0 radical (unpaired) electrons. The van der Waals surface area contributed by atoms with Gasteiger partial charge in [-0.3, -0.25) is 10.1 Å². The van der Waals surface area contributed by atoms with E-state index < -0.39 is 15.9 Å². The van der Waals surface area contributed by atoms with E-state index >= 15 is 0 Å². The first-order chi connectivity index (χ1) is 14.0. The number of aromatic amines is 1. The molecule has 3 aromatic heterocycles. The summed E-state index contributed by atoms with van der Waals surface area (Å²) in [6.45, 7) is 1.32. The molecule has 13 heteroatoms. The van der Waals surface area contributed by atoms with E-state index in [1.807, 2.05) is 11.4 Å². The predicted molar refractivity (Wildman–Crippen MR) is 112 cm³/mol. The van der Waals surface area contributed by atoms with Crippen LogP contribution in [-0.4, -0.2) is 60.1 Å². The highest BCUT2D eigenvalue weighted by Crippen LogP contribution is 2.29. The van der Waals surface area contributed by atoms with Gasteiger partial charge >= 0.3 is 0 Å². The third-order valence-corrected chi connectivity index (χ3v) is 9.01. The van der Waals surface area contributed by atoms with Crippen LogP contribution in [0.1, 0.15) is 15.4 Å². The van der Waals surface area contributed by atoms with Gasteiger partial charge in [-0.1, -0.05) is 29.2 Å². The Labute approximate surface area is 179 Å². The van der Waals surface area contributed by atoms with E-state index in [0.29, 0.717) is 31.4 Å². The number of hydrogen-bond donors (Lipinski definition) is 2. The molecule has 154 valence electrons. The number of thiophene rings is 1. The van der Waals surface area contributed by atoms with Crippen molar-refractivity contribution in [3.05, 3.63) is 40.3 Å². The van der Waals surface area contributed by atoms with Crippen molar-refractivity contribution < 1.29 is 17.9 Å². The van der Waals surface area contributed by atoms with Gasteiger partial charge in [0, 0.05) is 29.9 Å². The Kier molecular flexibility index (Phi) is 6.32. The maximum atomic E-state index is 12.7. The monoisotopic (exact) mass is 471 g/mol. The first-order valence-corrected chi connectivity index (χ1v) is 12.7. The zero-order valence-electron chi connectivity index (χ0n) is 15.0. The second-order valence-electron chi connectivity index (χ2n) is 5.96. The van der Waals surface area contributed by atoms with Crippen LogP contribution in [0.15, 0.2) is 39.0 Å². The summed E-state index contributed by atoms with van der Waals surface area (Å²) in [6.07, 6.45) is 1.32. The molecule has 3 aromatic rings. The lowest BCUT2D eigenvalue weighted by atomic mass is 10.4. The van der Waals surface area contributed by atoms with Crippen LogP contribution < -0.4 is 5.32 Å². The van der Waals surface area contributed by atoms with Crippen molar-refractivity contribution in [2.24, 2.45) is 0 Å². The summed E-state index contributed by atoms with van der Waals surface area (Å²) in [7, 11) is -3.66. The summed E-state index contributed by atoms with van der Waals surface area (Å²) >= 11 is 4.49. The number of rotatable bonds is 7. The number of H-pyrrole nitrogens is 1. The Hall–Kier alpha value is -1.77. The number of nitrogens with one attached hydrogen (secondary N) is 2. The zero-order valence-corrected chi connectivity index (χ0v) is 18.3. The molecular weight excluding hydrogens is 454 g/mol. The summed E-state index contributed by atoms with van der Waals surface area (Å²) in [6, 6.07) is 5.37. The minimum atomic E-state index is -3.66. The molecule has 9 nitrogen and oxygen atoms in total. The van der Waals surface area contributed by atoms with E-state index in [9.17, 15) is 13.2 Å². The van der Waals surface area contributed by atoms with E-state index in [1.54, 1.807) is 23.1 Å². The molecule has 1 aliphatic heterocycles. The highest BCUT2D eigenvalue weighted by atomic mass is 32.2. The number of hydrogen-bond acceptors (Lipinski definition) is 9. The van der Waals surface area contributed by atoms with Gasteiger partial charge in [0.15, 0.2) is 4.34 Å². The maximum absolute atomic E-state index is 12.7. The largest absolute Gasteiger partial charge is 0.379 e. The molecule has 29 heavy (non-hydrogen) atoms. The fraction of sp³-hybridized carbons (Fsp3) is 0.312. The molecule has 1 amide bonds. The lowest BCUT2D eigenvalue weighted by molar-refractivity contribution is 0.0730. The molecule has 1 saturated heterocycles. The number of thioether (sulfide) groups is 1. The summed E-state index contributed by atoms with van der Waals surface area (Å²) in [4.78, 5) is 16.5. The van der Waals surface area contributed by atoms with Crippen LogP contribution in [0.3, 0.4) is 0 Å². The summed E-state index contributed by atoms with van der Waals surface area (Å²) in [5, 5.41) is 13.1. The van der Waals surface area contributed by atoms with Gasteiger partial charge in [-0.2, -0.15) is 4.31 Å². The Balaban J connectivity index is 1.38. The fourth-order valence-corrected chi connectivity index (χ4v) is 6.52. The normalized spacial score (nSPS) is 15.4. The minimum Gasteiger partial charge on any atom is -0.379 e. The van der Waals surface area contributed by atoms with Gasteiger partial charge in [0.1, 0.15) is 10.6 Å². The van der Waals surface area contributed by atoms with Crippen LogP contribution in [0.5, 0.6) is 0 Å². The lowest BCUT2D eigenvalue weighted by Gasteiger charge is -2.25. The van der Waals surface area contributed by atoms with Crippen molar-refractivity contribution in [1.82, 2.24) is 19.5 Å². The molecule has 0 saturated carbocycles. The smallest absolute Gasteiger partial charge is 0.273 e. The van der Waals surface area contributed by atoms with Crippen molar-refractivity contribution in [3.63, 3.8) is 0 Å². The number of sulfonamides is 1. The van der Waals surface area contributed by atoms with Gasteiger partial charge in [0.2, 0.25) is 15.2 Å². The first-order valence-electron chi connectivity index (χ1n) is 8.59. The molecule has 2 N–H and O–H groups in total. The molecule has 0 aliphatic carbocycles. The fourth-order valence-electron chi connectivity index (χ4n) is 2.60.